The number of hydrogen-bond acceptors (Lipinski definition) is 34. The molecule has 5 aromatic carbocycles. The maximum absolute atomic E-state index is 14.2. The highest BCUT2D eigenvalue weighted by molar-refractivity contribution is 7.85. The Morgan fingerprint density at radius 1 is 0.555 bits per heavy atom. The Balaban J connectivity index is 0.591. The first-order valence-electron chi connectivity index (χ1n) is 41.7. The molecule has 2 aromatic heterocycles. The van der Waals surface area contributed by atoms with Crippen LogP contribution in [0.3, 0.4) is 0 Å². The fraction of sp³-hybridized carbons (Fsp3) is 0.494. The molecular formula is C87H110N7O30S4+. The average molecular weight is 1860 g/mol. The smallest absolute Gasteiger partial charge is 0.493 e. The number of carbonyl (C=O) groups excluding carboxylic acids is 4. The summed E-state index contributed by atoms with van der Waals surface area (Å²) in [7, 11) is -2.30. The molecule has 0 radical (unpaired) electrons. The van der Waals surface area contributed by atoms with Crippen molar-refractivity contribution in [3.8, 4) is 40.2 Å². The van der Waals surface area contributed by atoms with Crippen LogP contribution in [-0.2, 0) is 125 Å². The number of rotatable bonds is 54. The lowest BCUT2D eigenvalue weighted by molar-refractivity contribution is -0.916. The number of nitrogens with one attached hydrogen (secondary N) is 1. The number of carbonyl (C=O) groups is 4. The van der Waals surface area contributed by atoms with Crippen LogP contribution in [0.15, 0.2) is 118 Å². The summed E-state index contributed by atoms with van der Waals surface area (Å²) in [4.78, 5) is 69.7. The van der Waals surface area contributed by atoms with Gasteiger partial charge >= 0.3 is 10.4 Å². The molecule has 7 aromatic rings. The van der Waals surface area contributed by atoms with Crippen LogP contribution in [0.5, 0.6) is 40.2 Å². The molecule has 0 bridgehead atoms. The first-order valence-corrected chi connectivity index (χ1v) is 46.4. The fourth-order valence-corrected chi connectivity index (χ4v) is 17.9. The molecule has 5 aliphatic heterocycles. The minimum Gasteiger partial charge on any atom is -0.493 e. The van der Waals surface area contributed by atoms with Crippen molar-refractivity contribution >= 4 is 90.5 Å². The molecule has 696 valence electrons. The van der Waals surface area contributed by atoms with Crippen molar-refractivity contribution in [1.29, 1.82) is 0 Å². The van der Waals surface area contributed by atoms with Gasteiger partial charge in [-0.1, -0.05) is 0 Å². The van der Waals surface area contributed by atoms with Gasteiger partial charge in [0.1, 0.15) is 56.5 Å². The third-order valence-electron chi connectivity index (χ3n) is 21.0. The van der Waals surface area contributed by atoms with Gasteiger partial charge in [0.25, 0.3) is 27.8 Å². The third-order valence-corrected chi connectivity index (χ3v) is 24.6. The molecule has 0 aliphatic carbocycles. The molecule has 128 heavy (non-hydrogen) atoms. The molecule has 12 rings (SSSR count). The summed E-state index contributed by atoms with van der Waals surface area (Å²) < 4.78 is 156. The number of hydrogen-bond donors (Lipinski definition) is 7. The van der Waals surface area contributed by atoms with Gasteiger partial charge in [-0.2, -0.15) is 8.42 Å². The topological polar surface area (TPSA) is 464 Å². The lowest BCUT2D eigenvalue weighted by Gasteiger charge is -2.39. The van der Waals surface area contributed by atoms with Crippen LogP contribution in [0.4, 0.5) is 11.4 Å². The largest absolute Gasteiger partial charge is 0.501 e. The van der Waals surface area contributed by atoms with Gasteiger partial charge in [0.15, 0.2) is 40.3 Å². The first kappa shape index (κ1) is 97.8. The van der Waals surface area contributed by atoms with E-state index in [9.17, 15) is 56.4 Å². The number of benzene rings is 5. The van der Waals surface area contributed by atoms with Crippen molar-refractivity contribution in [2.45, 2.75) is 114 Å². The number of fused-ring (bicyclic) bond motifs is 6. The Morgan fingerprint density at radius 3 is 1.50 bits per heavy atom. The Bertz CT molecular complexity index is 4990. The van der Waals surface area contributed by atoms with E-state index in [2.05, 4.69) is 17.4 Å². The molecule has 8 atom stereocenters. The van der Waals surface area contributed by atoms with E-state index in [0.29, 0.717) is 181 Å². The van der Waals surface area contributed by atoms with Gasteiger partial charge < -0.3 is 125 Å². The molecule has 1 unspecified atom stereocenters. The molecule has 0 saturated carbocycles. The Kier molecular flexibility index (Phi) is 36.3. The number of amides is 3. The fourth-order valence-electron chi connectivity index (χ4n) is 14.6. The highest BCUT2D eigenvalue weighted by Gasteiger charge is 2.46. The lowest BCUT2D eigenvalue weighted by atomic mass is 9.99. The standard InChI is InChI=1S/C87H109N7O30S4/c1-94(2,51-57-36-58(53-119-75-44-69-66(42-73(75)108-3)85(101)92-48-61-13-34-125-79(61)40-63(92)46-90-69)38-59(37-57)54-120-76-45-70-67(43-74(76)109-4)86(102)93-49-62-14-35-126-80(62)41-64(93)47-91-70)50-56-7-10-65(11-8-56)123-128(106,107)124-77-39-60(9-12-72(77)121-87-83(99)82(98)81(97)78(52-95)122-87)84(100)89-15-17-111-19-21-113-23-25-115-27-29-117-31-33-118-32-30-116-28-26-114-24-22-112-20-18-110-16-5-6-71(96)68(88)55-127(103,104)105/h7-14,34-39,42-47,63-64,68,78,81-83,87,95,97-99H,5-6,15-33,40-41,48-55,88H2,1-4H3,(H-,89,100,103,104,105)/p+1/t63-,64-,68+,78+,81-,82-,83+,87?/m0/s1. The average Bonchev–Trinajstić information content (AvgIpc) is 1.42. The van der Waals surface area contributed by atoms with Crippen molar-refractivity contribution in [3.05, 3.63) is 168 Å². The van der Waals surface area contributed by atoms with Crippen molar-refractivity contribution in [2.24, 2.45) is 15.7 Å². The van der Waals surface area contributed by atoms with E-state index < -0.39 is 92.8 Å². The third kappa shape index (κ3) is 28.4. The van der Waals surface area contributed by atoms with Gasteiger partial charge in [-0.05, 0) is 124 Å². The normalized spacial score (nSPS) is 18.6. The predicted octanol–water partition coefficient (Wildman–Crippen LogP) is 5.65. The number of Topliss-reactive ketones (excluding diaryl/α,β-unsaturated/α-hetero) is 1. The second-order valence-electron chi connectivity index (χ2n) is 31.1. The molecule has 1 fully saturated rings. The van der Waals surface area contributed by atoms with E-state index >= 15 is 0 Å². The minimum absolute atomic E-state index is 0.0182. The molecule has 41 heteroatoms. The second-order valence-corrected chi connectivity index (χ2v) is 35.8. The first-order chi connectivity index (χ1) is 61.7. The van der Waals surface area contributed by atoms with Gasteiger partial charge in [-0.25, -0.2) is 0 Å². The Morgan fingerprint density at radius 2 is 1.02 bits per heavy atom. The van der Waals surface area contributed by atoms with E-state index in [1.165, 1.54) is 42.2 Å². The zero-order valence-corrected chi connectivity index (χ0v) is 74.7. The van der Waals surface area contributed by atoms with Crippen molar-refractivity contribution in [2.75, 3.05) is 166 Å². The zero-order valence-electron chi connectivity index (χ0n) is 71.5. The van der Waals surface area contributed by atoms with Crippen molar-refractivity contribution < 1.29 is 145 Å². The van der Waals surface area contributed by atoms with Crippen LogP contribution in [0.1, 0.15) is 87.1 Å². The van der Waals surface area contributed by atoms with Crippen LogP contribution in [0, 0.1) is 0 Å². The van der Waals surface area contributed by atoms with E-state index in [1.54, 1.807) is 59.1 Å². The van der Waals surface area contributed by atoms with Gasteiger partial charge in [-0.15, -0.1) is 31.1 Å². The quantitative estimate of drug-likeness (QED) is 0.0137. The lowest BCUT2D eigenvalue weighted by Crippen LogP contribution is -2.60. The molecule has 0 spiro atoms. The van der Waals surface area contributed by atoms with Gasteiger partial charge in [0.05, 0.1) is 194 Å². The van der Waals surface area contributed by atoms with Crippen molar-refractivity contribution in [3.63, 3.8) is 0 Å². The molecule has 3 amide bonds. The van der Waals surface area contributed by atoms with Gasteiger partial charge in [0.2, 0.25) is 6.29 Å². The minimum atomic E-state index is -5.08. The number of aliphatic imine (C=N–C) groups is 2. The maximum atomic E-state index is 14.2. The summed E-state index contributed by atoms with van der Waals surface area (Å²) >= 11 is 3.35. The molecule has 37 nitrogen and oxygen atoms in total. The Labute approximate surface area is 750 Å². The SMILES string of the molecule is COc1cc2c(cc1OCc1cc(COc3cc4c(cc3OC)C(=O)N3Cc5ccsc5C[C@H]3C=N4)cc(C[N+](C)(C)Cc3ccc(OS(=O)(=O)Oc4cc(C(=O)NCCOCCOCCOCCOCCOCCOCCOCCOCCOCCCC(=O)[C@H](N)CS(=O)(=O)O)ccc4OC4O[C@H](CO)[C@H](O)[C@H](O)[C@H]4O)cc3)c1)N=C[C@@H]1Cc3sccc3CN1C2=O. The molecule has 1 saturated heterocycles. The summed E-state index contributed by atoms with van der Waals surface area (Å²) in [6.45, 7) is 6.77. The van der Waals surface area contributed by atoms with E-state index in [4.69, 9.17) is 99.7 Å². The number of methoxy groups -OCH3 is 2. The molecule has 7 heterocycles. The summed E-state index contributed by atoms with van der Waals surface area (Å²) in [5, 5.41) is 48.6. The van der Waals surface area contributed by atoms with Crippen molar-refractivity contribution in [1.82, 2.24) is 15.1 Å². The van der Waals surface area contributed by atoms with Crippen LogP contribution in [0.25, 0.3) is 0 Å². The number of thiophene rings is 2. The number of ketones is 1. The molecule has 5 aliphatic rings. The highest BCUT2D eigenvalue weighted by Crippen LogP contribution is 2.43. The van der Waals surface area contributed by atoms with E-state index in [-0.39, 0.29) is 94.4 Å². The van der Waals surface area contributed by atoms with Crippen LogP contribution in [0.2, 0.25) is 0 Å². The number of nitrogens with two attached hydrogens (primary N) is 1. The molecular weight excluding hydrogens is 1750 g/mol. The Hall–Kier alpha value is -9.26. The summed E-state index contributed by atoms with van der Waals surface area (Å²) in [6.07, 6.45) is -3.29. The zero-order chi connectivity index (χ0) is 90.7. The monoisotopic (exact) mass is 1860 g/mol. The summed E-state index contributed by atoms with van der Waals surface area (Å²) in [6, 6.07) is 25.0. The van der Waals surface area contributed by atoms with E-state index in [0.717, 1.165) is 45.5 Å². The summed E-state index contributed by atoms with van der Waals surface area (Å²) in [5.74, 6) is -1.99. The number of nitrogens with zero attached hydrogens (tertiary/aromatic N) is 5. The predicted molar refractivity (Wildman–Crippen MR) is 466 cm³/mol. The van der Waals surface area contributed by atoms with Crippen LogP contribution >= 0.6 is 22.7 Å². The van der Waals surface area contributed by atoms with E-state index in [1.807, 2.05) is 65.3 Å². The van der Waals surface area contributed by atoms with Crippen LogP contribution < -0.4 is 43.1 Å². The number of ether oxygens (including phenoxy) is 15. The number of aliphatic hydroxyl groups is 4. The van der Waals surface area contributed by atoms with Crippen LogP contribution in [-0.4, -0.2) is 307 Å². The summed E-state index contributed by atoms with van der Waals surface area (Å²) in [5.41, 5.74) is 12.5. The molecule has 8 N–H and O–H groups in total. The number of quaternary nitrogens is 1. The maximum Gasteiger partial charge on any atom is 0.501 e. The van der Waals surface area contributed by atoms with Gasteiger partial charge in [-0.3, -0.25) is 33.7 Å². The number of aliphatic hydroxyl groups excluding tert-OH is 4. The second kappa shape index (κ2) is 47.5. The highest BCUT2D eigenvalue weighted by atomic mass is 32.3. The van der Waals surface area contributed by atoms with Gasteiger partial charge in [0, 0.05) is 96.5 Å².